The van der Waals surface area contributed by atoms with Crippen molar-refractivity contribution in [1.29, 1.82) is 0 Å². The van der Waals surface area contributed by atoms with Gasteiger partial charge in [-0.3, -0.25) is 4.99 Å². The van der Waals surface area contributed by atoms with E-state index in [1.54, 1.807) is 37.3 Å². The van der Waals surface area contributed by atoms with E-state index in [1.807, 2.05) is 0 Å². The molecule has 0 amide bonds. The molecule has 3 nitrogen and oxygen atoms in total. The van der Waals surface area contributed by atoms with Crippen LogP contribution in [0.1, 0.15) is 47.4 Å². The largest absolute Gasteiger partial charge is 0.858 e. The average molecular weight is 594 g/mol. The van der Waals surface area contributed by atoms with Crippen molar-refractivity contribution in [1.82, 2.24) is 4.98 Å². The van der Waals surface area contributed by atoms with Crippen LogP contribution in [0.15, 0.2) is 64.2 Å². The molecule has 1 heterocycles. The number of aliphatic imine (C=N–C) groups is 1. The zero-order chi connectivity index (χ0) is 25.0. The smallest absolute Gasteiger partial charge is 0.395 e. The molecule has 0 fully saturated rings. The maximum Gasteiger partial charge on any atom is 0.395 e. The Morgan fingerprint density at radius 3 is 2.26 bits per heavy atom. The van der Waals surface area contributed by atoms with E-state index >= 15 is 0 Å². The fourth-order valence-electron chi connectivity index (χ4n) is 3.48. The van der Waals surface area contributed by atoms with Gasteiger partial charge in [0, 0.05) is 20.7 Å². The maximum atomic E-state index is 13.9. The Labute approximate surface area is 218 Å². The molecule has 0 radical (unpaired) electrons. The highest BCUT2D eigenvalue weighted by atomic mass is 79.9. The summed E-state index contributed by atoms with van der Waals surface area (Å²) in [6, 6.07) is 12.1. The van der Waals surface area contributed by atoms with Crippen molar-refractivity contribution in [3.8, 4) is 0 Å². The van der Waals surface area contributed by atoms with Crippen LogP contribution >= 0.6 is 50.7 Å². The van der Waals surface area contributed by atoms with E-state index in [4.69, 9.17) is 34.8 Å². The minimum atomic E-state index is -4.48. The van der Waals surface area contributed by atoms with Crippen molar-refractivity contribution in [2.75, 3.05) is 0 Å². The molecule has 180 valence electrons. The maximum absolute atomic E-state index is 13.9. The Kier molecular flexibility index (Phi) is 8.90. The summed E-state index contributed by atoms with van der Waals surface area (Å²) in [6.07, 6.45) is -3.16. The van der Waals surface area contributed by atoms with Crippen molar-refractivity contribution in [3.05, 3.63) is 96.7 Å². The molecule has 2 atom stereocenters. The molecule has 0 aliphatic carbocycles. The molecular weight excluding hydrogens is 576 g/mol. The summed E-state index contributed by atoms with van der Waals surface area (Å²) in [6.45, 7) is 1.83. The number of nitrogens with zero attached hydrogens (tertiary/aromatic N) is 2. The number of halogens is 7. The van der Waals surface area contributed by atoms with Crippen LogP contribution in [-0.2, 0) is 6.54 Å². The Bertz CT molecular complexity index is 1170. The number of pyridine rings is 1. The average Bonchev–Trinajstić information content (AvgIpc) is 2.75. The lowest BCUT2D eigenvalue weighted by atomic mass is 9.85. The molecule has 3 aromatic rings. The Morgan fingerprint density at radius 2 is 1.71 bits per heavy atom. The molecule has 0 aliphatic rings. The monoisotopic (exact) mass is 591 g/mol. The fourth-order valence-corrected chi connectivity index (χ4v) is 4.71. The standard InChI is InChI=1S/C24H19BrCl3F3N2O/c1-13(6-20(24(29,30)31)16-7-17(26)10-18(27)8-16)15-3-4-19(21(25)9-15)23(34)33-12-14-2-5-22(28)32-11-14/h2-5,7-11,13,20H,6,12H2,1H3,(H,33,34)/p-1. The minimum absolute atomic E-state index is 0.0122. The van der Waals surface area contributed by atoms with Gasteiger partial charge >= 0.3 is 6.18 Å². The van der Waals surface area contributed by atoms with Crippen molar-refractivity contribution in [3.63, 3.8) is 0 Å². The first-order valence-corrected chi connectivity index (χ1v) is 12.0. The second-order valence-electron chi connectivity index (χ2n) is 7.78. The van der Waals surface area contributed by atoms with E-state index in [0.717, 1.165) is 5.56 Å². The molecule has 0 aliphatic heterocycles. The van der Waals surface area contributed by atoms with Gasteiger partial charge in [-0.1, -0.05) is 75.9 Å². The van der Waals surface area contributed by atoms with Gasteiger partial charge in [-0.25, -0.2) is 4.98 Å². The van der Waals surface area contributed by atoms with Crippen LogP contribution in [0.3, 0.4) is 0 Å². The normalized spacial score (nSPS) is 14.2. The Morgan fingerprint density at radius 1 is 1.03 bits per heavy atom. The third-order valence-corrected chi connectivity index (χ3v) is 6.57. The SMILES string of the molecule is CC(CC(c1cc(Cl)cc(Cl)c1)C(F)(F)F)c1ccc(C([O-])=NCc2ccc(Cl)nc2)c(Br)c1. The predicted molar refractivity (Wildman–Crippen MR) is 132 cm³/mol. The predicted octanol–water partition coefficient (Wildman–Crippen LogP) is 7.95. The number of aromatic nitrogens is 1. The first-order chi connectivity index (χ1) is 15.9. The number of alkyl halides is 3. The molecule has 0 N–H and O–H groups in total. The van der Waals surface area contributed by atoms with Crippen LogP contribution in [0.25, 0.3) is 0 Å². The van der Waals surface area contributed by atoms with Crippen LogP contribution in [0.5, 0.6) is 0 Å². The van der Waals surface area contributed by atoms with Crippen LogP contribution in [0.4, 0.5) is 13.2 Å². The second-order valence-corrected chi connectivity index (χ2v) is 9.90. The van der Waals surface area contributed by atoms with Crippen molar-refractivity contribution < 1.29 is 18.3 Å². The fraction of sp³-hybridized carbons (Fsp3) is 0.250. The first kappa shape index (κ1) is 26.8. The van der Waals surface area contributed by atoms with Gasteiger partial charge in [0.2, 0.25) is 0 Å². The number of hydrogen-bond acceptors (Lipinski definition) is 3. The third-order valence-electron chi connectivity index (χ3n) is 5.26. The molecule has 34 heavy (non-hydrogen) atoms. The number of hydrogen-bond donors (Lipinski definition) is 0. The van der Waals surface area contributed by atoms with E-state index < -0.39 is 23.9 Å². The third kappa shape index (κ3) is 7.11. The lowest BCUT2D eigenvalue weighted by molar-refractivity contribution is -0.213. The van der Waals surface area contributed by atoms with Crippen molar-refractivity contribution in [2.24, 2.45) is 4.99 Å². The summed E-state index contributed by atoms with van der Waals surface area (Å²) in [5.74, 6) is -2.67. The highest BCUT2D eigenvalue weighted by Crippen LogP contribution is 2.43. The molecule has 0 saturated carbocycles. The number of benzene rings is 2. The summed E-state index contributed by atoms with van der Waals surface area (Å²) < 4.78 is 42.1. The van der Waals surface area contributed by atoms with Crippen LogP contribution < -0.4 is 5.11 Å². The molecule has 3 rings (SSSR count). The zero-order valence-electron chi connectivity index (χ0n) is 17.7. The van der Waals surface area contributed by atoms with Gasteiger partial charge in [-0.05, 0) is 70.8 Å². The van der Waals surface area contributed by atoms with E-state index in [0.29, 0.717) is 20.8 Å². The molecule has 0 saturated heterocycles. The molecule has 1 aromatic heterocycles. The quantitative estimate of drug-likeness (QED) is 0.159. The minimum Gasteiger partial charge on any atom is -0.858 e. The molecule has 2 unspecified atom stereocenters. The van der Waals surface area contributed by atoms with Gasteiger partial charge in [0.25, 0.3) is 0 Å². The molecular formula is C24H18BrCl3F3N2O-. The van der Waals surface area contributed by atoms with E-state index in [-0.39, 0.29) is 28.6 Å². The molecule has 10 heteroatoms. The van der Waals surface area contributed by atoms with Gasteiger partial charge in [-0.15, -0.1) is 0 Å². The summed E-state index contributed by atoms with van der Waals surface area (Å²) >= 11 is 21.0. The second kappa shape index (κ2) is 11.3. The summed E-state index contributed by atoms with van der Waals surface area (Å²) in [4.78, 5) is 7.98. The van der Waals surface area contributed by atoms with E-state index in [9.17, 15) is 18.3 Å². The van der Waals surface area contributed by atoms with Gasteiger partial charge in [0.15, 0.2) is 0 Å². The summed E-state index contributed by atoms with van der Waals surface area (Å²) in [5, 5.41) is 13.2. The highest BCUT2D eigenvalue weighted by Gasteiger charge is 2.41. The van der Waals surface area contributed by atoms with Gasteiger partial charge in [-0.2, -0.15) is 13.2 Å². The lowest BCUT2D eigenvalue weighted by Crippen LogP contribution is -2.23. The van der Waals surface area contributed by atoms with Crippen molar-refractivity contribution in [2.45, 2.75) is 37.9 Å². The molecule has 0 spiro atoms. The van der Waals surface area contributed by atoms with Crippen molar-refractivity contribution >= 4 is 56.6 Å². The van der Waals surface area contributed by atoms with Gasteiger partial charge in [0.1, 0.15) is 5.15 Å². The highest BCUT2D eigenvalue weighted by molar-refractivity contribution is 9.10. The molecule has 2 aromatic carbocycles. The van der Waals surface area contributed by atoms with Crippen LogP contribution in [-0.4, -0.2) is 17.1 Å². The Balaban J connectivity index is 1.79. The topological polar surface area (TPSA) is 48.3 Å². The summed E-state index contributed by atoms with van der Waals surface area (Å²) in [7, 11) is 0. The first-order valence-electron chi connectivity index (χ1n) is 10.1. The molecule has 0 bridgehead atoms. The van der Waals surface area contributed by atoms with E-state index in [2.05, 4.69) is 25.9 Å². The lowest BCUT2D eigenvalue weighted by Gasteiger charge is -2.25. The van der Waals surface area contributed by atoms with Crippen LogP contribution in [0, 0.1) is 0 Å². The van der Waals surface area contributed by atoms with E-state index in [1.165, 1.54) is 24.4 Å². The van der Waals surface area contributed by atoms with Gasteiger partial charge < -0.3 is 5.11 Å². The van der Waals surface area contributed by atoms with Gasteiger partial charge in [0.05, 0.1) is 12.5 Å². The summed E-state index contributed by atoms with van der Waals surface area (Å²) in [5.41, 5.74) is 1.69. The van der Waals surface area contributed by atoms with Crippen LogP contribution in [0.2, 0.25) is 15.2 Å². The number of rotatable bonds is 7. The zero-order valence-corrected chi connectivity index (χ0v) is 21.6. The Hall–Kier alpha value is -1.80.